The Bertz CT molecular complexity index is 444. The second-order valence-electron chi connectivity index (χ2n) is 6.32. The third-order valence-corrected chi connectivity index (χ3v) is 4.40. The first kappa shape index (κ1) is 13.8. The summed E-state index contributed by atoms with van der Waals surface area (Å²) in [6, 6.07) is 3.47. The zero-order chi connectivity index (χ0) is 13.9. The number of rotatable bonds is 4. The molecule has 0 aromatic carbocycles. The molecular formula is C16H26N4. The largest absolute Gasteiger partial charge is 0.366 e. The highest BCUT2D eigenvalue weighted by Crippen LogP contribution is 2.25. The maximum absolute atomic E-state index is 4.36. The van der Waals surface area contributed by atoms with Gasteiger partial charge in [0.05, 0.1) is 11.9 Å². The van der Waals surface area contributed by atoms with Gasteiger partial charge < -0.3 is 15.1 Å². The van der Waals surface area contributed by atoms with E-state index in [1.807, 2.05) is 12.4 Å². The van der Waals surface area contributed by atoms with Crippen molar-refractivity contribution in [1.82, 2.24) is 15.2 Å². The molecule has 0 amide bonds. The Morgan fingerprint density at radius 1 is 1.35 bits per heavy atom. The van der Waals surface area contributed by atoms with Crippen LogP contribution in [0.4, 0.5) is 5.69 Å². The molecule has 1 N–H and O–H groups in total. The van der Waals surface area contributed by atoms with Gasteiger partial charge in [0.2, 0.25) is 0 Å². The summed E-state index contributed by atoms with van der Waals surface area (Å²) in [5.74, 6) is 0. The van der Waals surface area contributed by atoms with Gasteiger partial charge in [-0.05, 0) is 51.4 Å². The summed E-state index contributed by atoms with van der Waals surface area (Å²) in [6.45, 7) is 6.75. The van der Waals surface area contributed by atoms with Crippen LogP contribution in [-0.2, 0) is 6.54 Å². The predicted octanol–water partition coefficient (Wildman–Crippen LogP) is 1.86. The summed E-state index contributed by atoms with van der Waals surface area (Å²) in [5.41, 5.74) is 2.71. The summed E-state index contributed by atoms with van der Waals surface area (Å²) >= 11 is 0. The van der Waals surface area contributed by atoms with E-state index in [9.17, 15) is 0 Å². The molecule has 2 fully saturated rings. The minimum absolute atomic E-state index is 0.548. The van der Waals surface area contributed by atoms with Crippen LogP contribution < -0.4 is 10.2 Å². The number of hydrogen-bond acceptors (Lipinski definition) is 4. The zero-order valence-electron chi connectivity index (χ0n) is 12.7. The molecule has 1 aliphatic carbocycles. The Morgan fingerprint density at radius 2 is 2.20 bits per heavy atom. The van der Waals surface area contributed by atoms with Gasteiger partial charge in [0.25, 0.3) is 0 Å². The van der Waals surface area contributed by atoms with Gasteiger partial charge in [-0.2, -0.15) is 0 Å². The monoisotopic (exact) mass is 274 g/mol. The fraction of sp³-hybridized carbons (Fsp3) is 0.688. The number of nitrogens with one attached hydrogen (secondary N) is 1. The molecule has 1 saturated heterocycles. The van der Waals surface area contributed by atoms with E-state index in [0.29, 0.717) is 6.04 Å². The van der Waals surface area contributed by atoms with Crippen LogP contribution in [0, 0.1) is 0 Å². The number of hydrogen-bond donors (Lipinski definition) is 1. The van der Waals surface area contributed by atoms with E-state index in [1.54, 1.807) is 0 Å². The van der Waals surface area contributed by atoms with E-state index in [1.165, 1.54) is 37.1 Å². The van der Waals surface area contributed by atoms with Crippen molar-refractivity contribution in [2.24, 2.45) is 0 Å². The minimum atomic E-state index is 0.548. The molecule has 4 heteroatoms. The summed E-state index contributed by atoms with van der Waals surface area (Å²) in [7, 11) is 2.22. The molecule has 1 aliphatic heterocycles. The quantitative estimate of drug-likeness (QED) is 0.908. The highest BCUT2D eigenvalue weighted by molar-refractivity contribution is 5.52. The Balaban J connectivity index is 1.76. The van der Waals surface area contributed by atoms with Gasteiger partial charge in [0.1, 0.15) is 0 Å². The van der Waals surface area contributed by atoms with Crippen LogP contribution in [-0.4, -0.2) is 48.6 Å². The molecular weight excluding hydrogens is 248 g/mol. The van der Waals surface area contributed by atoms with E-state index in [4.69, 9.17) is 0 Å². The Kier molecular flexibility index (Phi) is 4.22. The lowest BCUT2D eigenvalue weighted by molar-refractivity contribution is 0.337. The van der Waals surface area contributed by atoms with E-state index in [0.717, 1.165) is 25.7 Å². The summed E-state index contributed by atoms with van der Waals surface area (Å²) in [6.07, 6.45) is 7.87. The van der Waals surface area contributed by atoms with Gasteiger partial charge in [-0.1, -0.05) is 0 Å². The molecule has 2 aliphatic rings. The van der Waals surface area contributed by atoms with Crippen LogP contribution in [0.3, 0.4) is 0 Å². The molecule has 20 heavy (non-hydrogen) atoms. The van der Waals surface area contributed by atoms with Crippen molar-refractivity contribution in [1.29, 1.82) is 0 Å². The minimum Gasteiger partial charge on any atom is -0.366 e. The van der Waals surface area contributed by atoms with Gasteiger partial charge in [-0.15, -0.1) is 0 Å². The average molecular weight is 274 g/mol. The number of aromatic nitrogens is 1. The molecule has 110 valence electrons. The maximum atomic E-state index is 4.36. The van der Waals surface area contributed by atoms with Crippen molar-refractivity contribution < 1.29 is 0 Å². The van der Waals surface area contributed by atoms with E-state index in [-0.39, 0.29) is 0 Å². The molecule has 3 rings (SSSR count). The van der Waals surface area contributed by atoms with Gasteiger partial charge in [0, 0.05) is 37.9 Å². The Morgan fingerprint density at radius 3 is 3.00 bits per heavy atom. The highest BCUT2D eigenvalue weighted by atomic mass is 15.2. The van der Waals surface area contributed by atoms with Crippen LogP contribution in [0.5, 0.6) is 0 Å². The van der Waals surface area contributed by atoms with Crippen LogP contribution >= 0.6 is 0 Å². The molecule has 2 heterocycles. The van der Waals surface area contributed by atoms with Gasteiger partial charge in [-0.3, -0.25) is 4.98 Å². The first-order valence-electron chi connectivity index (χ1n) is 7.85. The first-order valence-corrected chi connectivity index (χ1v) is 7.85. The van der Waals surface area contributed by atoms with E-state index in [2.05, 4.69) is 40.1 Å². The third-order valence-electron chi connectivity index (χ3n) is 4.40. The third kappa shape index (κ3) is 3.30. The van der Waals surface area contributed by atoms with Gasteiger partial charge in [0.15, 0.2) is 0 Å². The fourth-order valence-corrected chi connectivity index (χ4v) is 3.09. The second-order valence-corrected chi connectivity index (χ2v) is 6.32. The summed E-state index contributed by atoms with van der Waals surface area (Å²) < 4.78 is 0. The number of nitrogens with zero attached hydrogens (tertiary/aromatic N) is 3. The van der Waals surface area contributed by atoms with Crippen LogP contribution in [0.25, 0.3) is 0 Å². The Hall–Kier alpha value is -1.13. The molecule has 4 nitrogen and oxygen atoms in total. The van der Waals surface area contributed by atoms with Crippen LogP contribution in [0.1, 0.15) is 31.7 Å². The molecule has 0 radical (unpaired) electrons. The molecule has 0 bridgehead atoms. The molecule has 0 spiro atoms. The lowest BCUT2D eigenvalue weighted by Gasteiger charge is -2.31. The van der Waals surface area contributed by atoms with Crippen molar-refractivity contribution in [2.45, 2.75) is 44.8 Å². The first-order chi connectivity index (χ1) is 9.74. The smallest absolute Gasteiger partial charge is 0.0601 e. The summed E-state index contributed by atoms with van der Waals surface area (Å²) in [4.78, 5) is 9.34. The molecule has 1 atom stereocenters. The normalized spacial score (nSPS) is 24.7. The van der Waals surface area contributed by atoms with Crippen molar-refractivity contribution >= 4 is 5.69 Å². The van der Waals surface area contributed by atoms with Crippen molar-refractivity contribution in [2.75, 3.05) is 31.6 Å². The number of anilines is 1. The molecule has 1 unspecified atom stereocenters. The van der Waals surface area contributed by atoms with Gasteiger partial charge >= 0.3 is 0 Å². The maximum Gasteiger partial charge on any atom is 0.0601 e. The standard InChI is InChI=1S/C16H26N4/c1-13-12-19(2)8-3-9-20(13)16-11-17-7-6-14(16)10-18-15-4-5-15/h6-7,11,13,15,18H,3-5,8-10,12H2,1-2H3. The lowest BCUT2D eigenvalue weighted by atomic mass is 10.1. The summed E-state index contributed by atoms with van der Waals surface area (Å²) in [5, 5.41) is 3.63. The van der Waals surface area contributed by atoms with Crippen LogP contribution in [0.2, 0.25) is 0 Å². The number of likely N-dealkylation sites (N-methyl/N-ethyl adjacent to an activating group) is 1. The van der Waals surface area contributed by atoms with E-state index < -0.39 is 0 Å². The van der Waals surface area contributed by atoms with Crippen molar-refractivity contribution in [3.05, 3.63) is 24.0 Å². The topological polar surface area (TPSA) is 31.4 Å². The van der Waals surface area contributed by atoms with E-state index >= 15 is 0 Å². The van der Waals surface area contributed by atoms with Crippen molar-refractivity contribution in [3.8, 4) is 0 Å². The highest BCUT2D eigenvalue weighted by Gasteiger charge is 2.24. The second kappa shape index (κ2) is 6.10. The molecule has 1 saturated carbocycles. The van der Waals surface area contributed by atoms with Crippen molar-refractivity contribution in [3.63, 3.8) is 0 Å². The lowest BCUT2D eigenvalue weighted by Crippen LogP contribution is -2.38. The SMILES string of the molecule is CC1CN(C)CCCN1c1cnccc1CNC1CC1. The zero-order valence-corrected chi connectivity index (χ0v) is 12.7. The molecule has 1 aromatic heterocycles. The average Bonchev–Trinajstić information content (AvgIpc) is 3.26. The van der Waals surface area contributed by atoms with Gasteiger partial charge in [-0.25, -0.2) is 0 Å². The Labute approximate surface area is 122 Å². The number of pyridine rings is 1. The fourth-order valence-electron chi connectivity index (χ4n) is 3.09. The predicted molar refractivity (Wildman–Crippen MR) is 83.0 cm³/mol. The van der Waals surface area contributed by atoms with Crippen LogP contribution in [0.15, 0.2) is 18.5 Å². The molecule has 1 aromatic rings.